The first-order valence-corrected chi connectivity index (χ1v) is 6.49. The van der Waals surface area contributed by atoms with Crippen LogP contribution in [0.4, 0.5) is 0 Å². The van der Waals surface area contributed by atoms with E-state index in [1.165, 1.54) is 5.56 Å². The maximum Gasteiger partial charge on any atom is 0.153 e. The van der Waals surface area contributed by atoms with E-state index >= 15 is 0 Å². The van der Waals surface area contributed by atoms with E-state index in [9.17, 15) is 0 Å². The fourth-order valence-electron chi connectivity index (χ4n) is 2.15. The van der Waals surface area contributed by atoms with Crippen LogP contribution in [-0.2, 0) is 5.41 Å². The van der Waals surface area contributed by atoms with Gasteiger partial charge in [0.15, 0.2) is 5.58 Å². The highest BCUT2D eigenvalue weighted by molar-refractivity contribution is 5.78. The lowest BCUT2D eigenvalue weighted by Gasteiger charge is -2.18. The molecule has 0 aliphatic heterocycles. The van der Waals surface area contributed by atoms with Crippen molar-refractivity contribution in [3.05, 3.63) is 54.2 Å². The second-order valence-electron chi connectivity index (χ2n) is 5.82. The maximum absolute atomic E-state index is 5.82. The van der Waals surface area contributed by atoms with Crippen molar-refractivity contribution in [1.29, 1.82) is 0 Å². The van der Waals surface area contributed by atoms with Gasteiger partial charge in [-0.15, -0.1) is 0 Å². The van der Waals surface area contributed by atoms with Crippen LogP contribution in [0.5, 0.6) is 0 Å². The van der Waals surface area contributed by atoms with Gasteiger partial charge in [0.1, 0.15) is 11.3 Å². The lowest BCUT2D eigenvalue weighted by molar-refractivity contribution is 0.590. The number of hydrogen-bond donors (Lipinski definition) is 0. The Morgan fingerprint density at radius 2 is 1.74 bits per heavy atom. The minimum Gasteiger partial charge on any atom is -0.454 e. The number of pyridine rings is 1. The van der Waals surface area contributed by atoms with Crippen LogP contribution in [0, 0.1) is 0 Å². The third kappa shape index (κ3) is 2.26. The molecule has 1 aromatic carbocycles. The van der Waals surface area contributed by atoms with Crippen LogP contribution in [0.1, 0.15) is 26.3 Å². The molecule has 0 amide bonds. The Morgan fingerprint density at radius 3 is 2.37 bits per heavy atom. The number of aromatic nitrogens is 1. The smallest absolute Gasteiger partial charge is 0.153 e. The van der Waals surface area contributed by atoms with E-state index in [1.807, 2.05) is 18.2 Å². The van der Waals surface area contributed by atoms with E-state index in [-0.39, 0.29) is 5.41 Å². The zero-order chi connectivity index (χ0) is 13.5. The Labute approximate surface area is 113 Å². The Kier molecular flexibility index (Phi) is 2.67. The summed E-state index contributed by atoms with van der Waals surface area (Å²) in [6, 6.07) is 14.4. The fourth-order valence-corrected chi connectivity index (χ4v) is 2.15. The number of nitrogens with zero attached hydrogens (tertiary/aromatic N) is 1. The monoisotopic (exact) mass is 251 g/mol. The average Bonchev–Trinajstić information content (AvgIpc) is 2.81. The summed E-state index contributed by atoms with van der Waals surface area (Å²) in [5.74, 6) is 0.870. The molecule has 96 valence electrons. The van der Waals surface area contributed by atoms with Crippen LogP contribution in [0.3, 0.4) is 0 Å². The lowest BCUT2D eigenvalue weighted by atomic mass is 9.86. The van der Waals surface area contributed by atoms with Gasteiger partial charge < -0.3 is 4.42 Å². The van der Waals surface area contributed by atoms with Gasteiger partial charge in [-0.1, -0.05) is 45.0 Å². The number of benzene rings is 1. The molecule has 3 rings (SSSR count). The van der Waals surface area contributed by atoms with E-state index in [1.54, 1.807) is 6.20 Å². The highest BCUT2D eigenvalue weighted by atomic mass is 16.3. The molecule has 0 aliphatic rings. The van der Waals surface area contributed by atoms with Crippen molar-refractivity contribution in [2.75, 3.05) is 0 Å². The van der Waals surface area contributed by atoms with Crippen molar-refractivity contribution in [3.63, 3.8) is 0 Å². The van der Waals surface area contributed by atoms with Gasteiger partial charge in [-0.2, -0.15) is 0 Å². The van der Waals surface area contributed by atoms with Crippen LogP contribution >= 0.6 is 0 Å². The molecule has 2 aromatic heterocycles. The van der Waals surface area contributed by atoms with Crippen molar-refractivity contribution in [2.24, 2.45) is 0 Å². The van der Waals surface area contributed by atoms with Crippen molar-refractivity contribution in [1.82, 2.24) is 4.98 Å². The topological polar surface area (TPSA) is 26.0 Å². The zero-order valence-corrected chi connectivity index (χ0v) is 11.5. The summed E-state index contributed by atoms with van der Waals surface area (Å²) in [7, 11) is 0. The molecule has 0 unspecified atom stereocenters. The first-order valence-electron chi connectivity index (χ1n) is 6.49. The van der Waals surface area contributed by atoms with Crippen molar-refractivity contribution >= 4 is 11.1 Å². The molecular weight excluding hydrogens is 234 g/mol. The predicted octanol–water partition coefficient (Wildman–Crippen LogP) is 4.79. The normalized spacial score (nSPS) is 11.9. The van der Waals surface area contributed by atoms with E-state index < -0.39 is 0 Å². The van der Waals surface area contributed by atoms with Crippen LogP contribution in [0.25, 0.3) is 22.4 Å². The van der Waals surface area contributed by atoms with Gasteiger partial charge in [-0.3, -0.25) is 4.98 Å². The molecule has 0 spiro atoms. The summed E-state index contributed by atoms with van der Waals surface area (Å²) in [4.78, 5) is 4.29. The molecule has 0 aliphatic carbocycles. The van der Waals surface area contributed by atoms with Gasteiger partial charge in [0, 0.05) is 17.8 Å². The molecule has 2 heteroatoms. The van der Waals surface area contributed by atoms with Crippen molar-refractivity contribution in [3.8, 4) is 11.3 Å². The van der Waals surface area contributed by atoms with Gasteiger partial charge in [0.25, 0.3) is 0 Å². The van der Waals surface area contributed by atoms with E-state index in [0.717, 1.165) is 22.4 Å². The largest absolute Gasteiger partial charge is 0.454 e. The van der Waals surface area contributed by atoms with Crippen LogP contribution < -0.4 is 0 Å². The first-order chi connectivity index (χ1) is 9.04. The fraction of sp³-hybridized carbons (Fsp3) is 0.235. The third-order valence-electron chi connectivity index (χ3n) is 3.32. The van der Waals surface area contributed by atoms with Crippen molar-refractivity contribution < 1.29 is 4.42 Å². The number of furan rings is 1. The second-order valence-corrected chi connectivity index (χ2v) is 5.82. The maximum atomic E-state index is 5.82. The Balaban J connectivity index is 2.02. The Bertz CT molecular complexity index is 669. The van der Waals surface area contributed by atoms with Crippen LogP contribution in [0.15, 0.2) is 53.1 Å². The predicted molar refractivity (Wildman–Crippen MR) is 78.1 cm³/mol. The highest BCUT2D eigenvalue weighted by Crippen LogP contribution is 2.29. The molecule has 3 aromatic rings. The van der Waals surface area contributed by atoms with Gasteiger partial charge in [-0.25, -0.2) is 0 Å². The van der Waals surface area contributed by atoms with Gasteiger partial charge in [0.2, 0.25) is 0 Å². The summed E-state index contributed by atoms with van der Waals surface area (Å²) in [5, 5.41) is 0. The van der Waals surface area contributed by atoms with Crippen LogP contribution in [-0.4, -0.2) is 4.98 Å². The Hall–Kier alpha value is -2.09. The second kappa shape index (κ2) is 4.23. The van der Waals surface area contributed by atoms with E-state index in [4.69, 9.17) is 4.42 Å². The molecule has 2 heterocycles. The molecule has 0 radical (unpaired) electrons. The molecule has 0 atom stereocenters. The summed E-state index contributed by atoms with van der Waals surface area (Å²) >= 11 is 0. The summed E-state index contributed by atoms with van der Waals surface area (Å²) in [6.07, 6.45) is 1.78. The lowest BCUT2D eigenvalue weighted by Crippen LogP contribution is -2.10. The van der Waals surface area contributed by atoms with Crippen molar-refractivity contribution in [2.45, 2.75) is 26.2 Å². The van der Waals surface area contributed by atoms with E-state index in [0.29, 0.717) is 0 Å². The molecule has 2 nitrogen and oxygen atoms in total. The minimum atomic E-state index is 0.175. The minimum absolute atomic E-state index is 0.175. The Morgan fingerprint density at radius 1 is 1.00 bits per heavy atom. The highest BCUT2D eigenvalue weighted by Gasteiger charge is 2.14. The SMILES string of the molecule is CC(C)(C)c1ccc(-c2cc3ncccc3o2)cc1. The molecule has 0 saturated carbocycles. The van der Waals surface area contributed by atoms with Gasteiger partial charge in [-0.05, 0) is 23.1 Å². The number of hydrogen-bond acceptors (Lipinski definition) is 2. The summed E-state index contributed by atoms with van der Waals surface area (Å²) < 4.78 is 5.82. The zero-order valence-electron chi connectivity index (χ0n) is 11.5. The first kappa shape index (κ1) is 12.0. The molecule has 0 fully saturated rings. The standard InChI is InChI=1S/C17H17NO/c1-17(2,3)13-8-6-12(7-9-13)16-11-14-15(19-16)5-4-10-18-14/h4-11H,1-3H3. The molecule has 0 saturated heterocycles. The summed E-state index contributed by atoms with van der Waals surface area (Å²) in [5.41, 5.74) is 4.32. The molecule has 19 heavy (non-hydrogen) atoms. The van der Waals surface area contributed by atoms with Crippen LogP contribution in [0.2, 0.25) is 0 Å². The quantitative estimate of drug-likeness (QED) is 0.621. The van der Waals surface area contributed by atoms with E-state index in [2.05, 4.69) is 50.0 Å². The third-order valence-corrected chi connectivity index (χ3v) is 3.32. The van der Waals surface area contributed by atoms with Gasteiger partial charge >= 0.3 is 0 Å². The molecule has 0 N–H and O–H groups in total. The average molecular weight is 251 g/mol. The summed E-state index contributed by atoms with van der Waals surface area (Å²) in [6.45, 7) is 6.65. The van der Waals surface area contributed by atoms with Gasteiger partial charge in [0.05, 0.1) is 0 Å². The number of fused-ring (bicyclic) bond motifs is 1. The number of rotatable bonds is 1. The molecule has 0 bridgehead atoms. The molecular formula is C17H17NO.